The van der Waals surface area contributed by atoms with E-state index in [9.17, 15) is 18.4 Å². The van der Waals surface area contributed by atoms with Gasteiger partial charge in [-0.3, -0.25) is 4.79 Å². The van der Waals surface area contributed by atoms with Crippen molar-refractivity contribution in [3.05, 3.63) is 71.3 Å². The molecule has 4 nitrogen and oxygen atoms in total. The van der Waals surface area contributed by atoms with E-state index >= 15 is 0 Å². The van der Waals surface area contributed by atoms with E-state index in [2.05, 4.69) is 5.32 Å². The molecule has 0 unspecified atom stereocenters. The molecule has 0 saturated heterocycles. The zero-order valence-electron chi connectivity index (χ0n) is 13.8. The summed E-state index contributed by atoms with van der Waals surface area (Å²) in [6.45, 7) is 3.24. The molecule has 0 spiro atoms. The number of anilines is 1. The zero-order valence-corrected chi connectivity index (χ0v) is 13.8. The molecule has 0 aliphatic carbocycles. The Bertz CT molecular complexity index is 818. The molecule has 0 saturated carbocycles. The standard InChI is InChI=1S/C19H17F2NO3/c1-12-5-3-4-6-14(12)7-10-18(23)25-13(2)19(24)22-17-11-15(20)8-9-16(17)21/h3-11,13H,1-2H3,(H,22,24)/b10-7+/t13-/m0/s1. The number of amides is 1. The Labute approximate surface area is 144 Å². The van der Waals surface area contributed by atoms with E-state index in [1.165, 1.54) is 13.0 Å². The molecular weight excluding hydrogens is 328 g/mol. The van der Waals surface area contributed by atoms with Crippen LogP contribution in [0.3, 0.4) is 0 Å². The molecule has 2 aromatic rings. The fourth-order valence-electron chi connectivity index (χ4n) is 2.03. The Balaban J connectivity index is 1.95. The van der Waals surface area contributed by atoms with E-state index < -0.39 is 29.6 Å². The Hall–Kier alpha value is -3.02. The van der Waals surface area contributed by atoms with E-state index in [0.29, 0.717) is 0 Å². The highest BCUT2D eigenvalue weighted by Crippen LogP contribution is 2.16. The van der Waals surface area contributed by atoms with Crippen molar-refractivity contribution < 1.29 is 23.1 Å². The van der Waals surface area contributed by atoms with Crippen molar-refractivity contribution in [2.45, 2.75) is 20.0 Å². The van der Waals surface area contributed by atoms with Gasteiger partial charge in [-0.1, -0.05) is 24.3 Å². The number of rotatable bonds is 5. The van der Waals surface area contributed by atoms with E-state index in [4.69, 9.17) is 4.74 Å². The molecule has 130 valence electrons. The average Bonchev–Trinajstić information content (AvgIpc) is 2.57. The predicted octanol–water partition coefficient (Wildman–Crippen LogP) is 3.86. The predicted molar refractivity (Wildman–Crippen MR) is 90.8 cm³/mol. The number of hydrogen-bond donors (Lipinski definition) is 1. The van der Waals surface area contributed by atoms with Crippen LogP contribution in [0.5, 0.6) is 0 Å². The van der Waals surface area contributed by atoms with Crippen LogP contribution in [-0.4, -0.2) is 18.0 Å². The summed E-state index contributed by atoms with van der Waals surface area (Å²) in [5.41, 5.74) is 1.51. The van der Waals surface area contributed by atoms with Gasteiger partial charge in [-0.2, -0.15) is 0 Å². The summed E-state index contributed by atoms with van der Waals surface area (Å²) in [4.78, 5) is 23.7. The Morgan fingerprint density at radius 1 is 1.16 bits per heavy atom. The van der Waals surface area contributed by atoms with Gasteiger partial charge >= 0.3 is 5.97 Å². The van der Waals surface area contributed by atoms with Crippen LogP contribution in [0.4, 0.5) is 14.5 Å². The van der Waals surface area contributed by atoms with Gasteiger partial charge in [0.1, 0.15) is 11.6 Å². The van der Waals surface area contributed by atoms with Crippen LogP contribution in [0, 0.1) is 18.6 Å². The minimum absolute atomic E-state index is 0.316. The molecule has 2 rings (SSSR count). The van der Waals surface area contributed by atoms with Gasteiger partial charge in [-0.05, 0) is 43.2 Å². The van der Waals surface area contributed by atoms with Gasteiger partial charge in [-0.25, -0.2) is 13.6 Å². The maximum absolute atomic E-state index is 13.5. The number of esters is 1. The lowest BCUT2D eigenvalue weighted by Gasteiger charge is -2.13. The molecule has 0 radical (unpaired) electrons. The van der Waals surface area contributed by atoms with Crippen molar-refractivity contribution in [2.24, 2.45) is 0 Å². The lowest BCUT2D eigenvalue weighted by molar-refractivity contribution is -0.148. The molecule has 0 aliphatic rings. The largest absolute Gasteiger partial charge is 0.449 e. The van der Waals surface area contributed by atoms with Crippen LogP contribution in [0.15, 0.2) is 48.5 Å². The number of carbonyl (C=O) groups is 2. The van der Waals surface area contributed by atoms with Gasteiger partial charge in [0, 0.05) is 12.1 Å². The number of carbonyl (C=O) groups excluding carboxylic acids is 2. The molecule has 25 heavy (non-hydrogen) atoms. The third kappa shape index (κ3) is 5.24. The number of hydrogen-bond acceptors (Lipinski definition) is 3. The van der Waals surface area contributed by atoms with Crippen LogP contribution in [0.1, 0.15) is 18.1 Å². The quantitative estimate of drug-likeness (QED) is 0.661. The molecule has 0 aromatic heterocycles. The van der Waals surface area contributed by atoms with Crippen molar-refractivity contribution in [2.75, 3.05) is 5.32 Å². The highest BCUT2D eigenvalue weighted by Gasteiger charge is 2.18. The lowest BCUT2D eigenvalue weighted by Crippen LogP contribution is -2.29. The smallest absolute Gasteiger partial charge is 0.331 e. The van der Waals surface area contributed by atoms with E-state index in [-0.39, 0.29) is 5.69 Å². The second-order valence-electron chi connectivity index (χ2n) is 5.38. The normalized spacial score (nSPS) is 12.0. The third-order valence-corrected chi connectivity index (χ3v) is 3.44. The molecule has 0 heterocycles. The highest BCUT2D eigenvalue weighted by molar-refractivity contribution is 5.96. The average molecular weight is 345 g/mol. The summed E-state index contributed by atoms with van der Waals surface area (Å²) in [6.07, 6.45) is 1.61. The summed E-state index contributed by atoms with van der Waals surface area (Å²) in [7, 11) is 0. The van der Waals surface area contributed by atoms with Crippen molar-refractivity contribution in [3.63, 3.8) is 0 Å². The van der Waals surface area contributed by atoms with Crippen LogP contribution < -0.4 is 5.32 Å². The van der Waals surface area contributed by atoms with Crippen LogP contribution in [0.25, 0.3) is 6.08 Å². The summed E-state index contributed by atoms with van der Waals surface area (Å²) in [5, 5.41) is 2.18. The molecule has 0 fully saturated rings. The van der Waals surface area contributed by atoms with Crippen LogP contribution in [-0.2, 0) is 14.3 Å². The van der Waals surface area contributed by atoms with E-state index in [1.54, 1.807) is 6.08 Å². The second kappa shape index (κ2) is 8.19. The molecule has 1 atom stereocenters. The maximum Gasteiger partial charge on any atom is 0.331 e. The first-order valence-corrected chi connectivity index (χ1v) is 7.57. The second-order valence-corrected chi connectivity index (χ2v) is 5.38. The number of halogens is 2. The van der Waals surface area contributed by atoms with Crippen molar-refractivity contribution >= 4 is 23.6 Å². The van der Waals surface area contributed by atoms with Crippen molar-refractivity contribution in [1.82, 2.24) is 0 Å². The van der Waals surface area contributed by atoms with E-state index in [0.717, 1.165) is 29.3 Å². The van der Waals surface area contributed by atoms with Gasteiger partial charge in [0.25, 0.3) is 5.91 Å². The van der Waals surface area contributed by atoms with Crippen LogP contribution in [0.2, 0.25) is 0 Å². The minimum atomic E-state index is -1.17. The molecule has 6 heteroatoms. The minimum Gasteiger partial charge on any atom is -0.449 e. The van der Waals surface area contributed by atoms with Crippen molar-refractivity contribution in [1.29, 1.82) is 0 Å². The van der Waals surface area contributed by atoms with Gasteiger partial charge in [0.2, 0.25) is 0 Å². The fraction of sp³-hybridized carbons (Fsp3) is 0.158. The molecule has 0 aliphatic heterocycles. The molecule has 2 aromatic carbocycles. The topological polar surface area (TPSA) is 55.4 Å². The molecular formula is C19H17F2NO3. The summed E-state index contributed by atoms with van der Waals surface area (Å²) < 4.78 is 31.6. The first kappa shape index (κ1) is 18.3. The molecule has 1 N–H and O–H groups in total. The Kier molecular flexibility index (Phi) is 6.00. The summed E-state index contributed by atoms with van der Waals surface area (Å²) >= 11 is 0. The van der Waals surface area contributed by atoms with Gasteiger partial charge < -0.3 is 10.1 Å². The third-order valence-electron chi connectivity index (χ3n) is 3.44. The summed E-state index contributed by atoms with van der Waals surface area (Å²) in [5.74, 6) is -2.96. The van der Waals surface area contributed by atoms with Gasteiger partial charge in [0.15, 0.2) is 6.10 Å². The zero-order chi connectivity index (χ0) is 18.4. The van der Waals surface area contributed by atoms with Crippen molar-refractivity contribution in [3.8, 4) is 0 Å². The number of aryl methyl sites for hydroxylation is 1. The SMILES string of the molecule is Cc1ccccc1/C=C/C(=O)O[C@@H](C)C(=O)Nc1cc(F)ccc1F. The number of benzene rings is 2. The highest BCUT2D eigenvalue weighted by atomic mass is 19.1. The Morgan fingerprint density at radius 2 is 1.88 bits per heavy atom. The molecule has 1 amide bonds. The molecule has 0 bridgehead atoms. The number of nitrogens with one attached hydrogen (secondary N) is 1. The van der Waals surface area contributed by atoms with Gasteiger partial charge in [-0.15, -0.1) is 0 Å². The summed E-state index contributed by atoms with van der Waals surface area (Å²) in [6, 6.07) is 10.1. The fourth-order valence-corrected chi connectivity index (χ4v) is 2.03. The van der Waals surface area contributed by atoms with E-state index in [1.807, 2.05) is 31.2 Å². The monoisotopic (exact) mass is 345 g/mol. The van der Waals surface area contributed by atoms with Crippen LogP contribution >= 0.6 is 0 Å². The first-order chi connectivity index (χ1) is 11.9. The van der Waals surface area contributed by atoms with Gasteiger partial charge in [0.05, 0.1) is 5.69 Å². The Morgan fingerprint density at radius 3 is 2.60 bits per heavy atom. The lowest BCUT2D eigenvalue weighted by atomic mass is 10.1. The number of ether oxygens (including phenoxy) is 1. The maximum atomic E-state index is 13.5. The first-order valence-electron chi connectivity index (χ1n) is 7.57.